The van der Waals surface area contributed by atoms with Crippen LogP contribution in [0.1, 0.15) is 34.7 Å². The summed E-state index contributed by atoms with van der Waals surface area (Å²) in [5, 5.41) is 2.88. The number of halogens is 3. The molecule has 0 heterocycles. The van der Waals surface area contributed by atoms with Crippen molar-refractivity contribution in [2.75, 3.05) is 5.32 Å². The summed E-state index contributed by atoms with van der Waals surface area (Å²) in [4.78, 5) is 0. The zero-order chi connectivity index (χ0) is 21.1. The third-order valence-electron chi connectivity index (χ3n) is 4.87. The second-order valence-corrected chi connectivity index (χ2v) is 7.02. The molecule has 0 saturated carbocycles. The molecule has 0 amide bonds. The molecule has 3 aromatic carbocycles. The van der Waals surface area contributed by atoms with Gasteiger partial charge in [-0.1, -0.05) is 49.4 Å². The van der Waals surface area contributed by atoms with Crippen molar-refractivity contribution in [3.05, 3.63) is 100 Å². The minimum atomic E-state index is -1.07. The van der Waals surface area contributed by atoms with Crippen molar-refractivity contribution in [3.8, 4) is 0 Å². The van der Waals surface area contributed by atoms with Gasteiger partial charge >= 0.3 is 0 Å². The molecule has 0 bridgehead atoms. The molecule has 0 aliphatic rings. The molecule has 5 heteroatoms. The Hall–Kier alpha value is -3.21. The van der Waals surface area contributed by atoms with E-state index < -0.39 is 17.5 Å². The van der Waals surface area contributed by atoms with Crippen LogP contribution in [0.2, 0.25) is 0 Å². The highest BCUT2D eigenvalue weighted by Crippen LogP contribution is 2.32. The molecule has 0 fully saturated rings. The molecule has 0 atom stereocenters. The maximum absolute atomic E-state index is 15.0. The maximum atomic E-state index is 15.0. The molecule has 0 aliphatic carbocycles. The first kappa shape index (κ1) is 20.5. The highest BCUT2D eigenvalue weighted by molar-refractivity contribution is 5.78. The average molecular weight is 396 g/mol. The summed E-state index contributed by atoms with van der Waals surface area (Å²) in [5.74, 6) is -2.51. The van der Waals surface area contributed by atoms with Crippen LogP contribution in [0.4, 0.5) is 24.5 Å². The van der Waals surface area contributed by atoms with Crippen LogP contribution in [0.5, 0.6) is 0 Å². The lowest BCUT2D eigenvalue weighted by molar-refractivity contribution is 0.502. The number of rotatable bonds is 6. The van der Waals surface area contributed by atoms with Crippen LogP contribution in [0, 0.1) is 24.4 Å². The van der Waals surface area contributed by atoms with Gasteiger partial charge in [0.2, 0.25) is 0 Å². The molecule has 0 aliphatic heterocycles. The predicted octanol–water partition coefficient (Wildman–Crippen LogP) is 6.24. The van der Waals surface area contributed by atoms with Crippen molar-refractivity contribution in [2.24, 2.45) is 5.73 Å². The number of nitrogens with two attached hydrogens (primary N) is 1. The summed E-state index contributed by atoms with van der Waals surface area (Å²) >= 11 is 0. The van der Waals surface area contributed by atoms with Crippen LogP contribution >= 0.6 is 0 Å². The number of nitrogens with one attached hydrogen (secondary N) is 1. The van der Waals surface area contributed by atoms with E-state index >= 15 is 0 Å². The third-order valence-corrected chi connectivity index (χ3v) is 4.87. The average Bonchev–Trinajstić information content (AvgIpc) is 2.70. The van der Waals surface area contributed by atoms with Crippen molar-refractivity contribution < 1.29 is 13.2 Å². The molecule has 3 aromatic rings. The van der Waals surface area contributed by atoms with Crippen molar-refractivity contribution in [2.45, 2.75) is 26.7 Å². The second-order valence-electron chi connectivity index (χ2n) is 7.02. The summed E-state index contributed by atoms with van der Waals surface area (Å²) < 4.78 is 44.4. The van der Waals surface area contributed by atoms with Gasteiger partial charge < -0.3 is 11.1 Å². The van der Waals surface area contributed by atoms with Gasteiger partial charge in [0.15, 0.2) is 11.6 Å². The molecule has 0 spiro atoms. The molecular weight excluding hydrogens is 373 g/mol. The van der Waals surface area contributed by atoms with E-state index in [1.807, 2.05) is 26.0 Å². The molecule has 29 heavy (non-hydrogen) atoms. The fraction of sp³-hybridized carbons (Fsp3) is 0.167. The topological polar surface area (TPSA) is 38.0 Å². The largest absolute Gasteiger partial charge is 0.399 e. The molecule has 3 N–H and O–H groups in total. The van der Waals surface area contributed by atoms with Crippen LogP contribution in [0.3, 0.4) is 0 Å². The summed E-state index contributed by atoms with van der Waals surface area (Å²) in [7, 11) is 0. The molecule has 0 unspecified atom stereocenters. The van der Waals surface area contributed by atoms with Gasteiger partial charge in [-0.3, -0.25) is 0 Å². The van der Waals surface area contributed by atoms with E-state index in [1.165, 1.54) is 6.07 Å². The summed E-state index contributed by atoms with van der Waals surface area (Å²) in [6, 6.07) is 13.6. The minimum Gasteiger partial charge on any atom is -0.399 e. The number of benzene rings is 3. The lowest BCUT2D eigenvalue weighted by atomic mass is 9.97. The van der Waals surface area contributed by atoms with Crippen LogP contribution in [-0.2, 0) is 12.8 Å². The number of aryl methyl sites for hydroxylation is 2. The Labute approximate surface area is 168 Å². The first-order chi connectivity index (χ1) is 13.8. The predicted molar refractivity (Wildman–Crippen MR) is 113 cm³/mol. The second kappa shape index (κ2) is 8.43. The van der Waals surface area contributed by atoms with Gasteiger partial charge in [-0.05, 0) is 48.2 Å². The molecule has 2 nitrogen and oxygen atoms in total. The smallest absolute Gasteiger partial charge is 0.183 e. The van der Waals surface area contributed by atoms with Crippen molar-refractivity contribution in [3.63, 3.8) is 0 Å². The minimum absolute atomic E-state index is 0.0192. The number of hydrogen-bond acceptors (Lipinski definition) is 2. The van der Waals surface area contributed by atoms with E-state index in [2.05, 4.69) is 11.9 Å². The lowest BCUT2D eigenvalue weighted by Crippen LogP contribution is -2.09. The Kier molecular flexibility index (Phi) is 5.97. The van der Waals surface area contributed by atoms with Crippen LogP contribution in [-0.4, -0.2) is 0 Å². The summed E-state index contributed by atoms with van der Waals surface area (Å²) in [5.41, 5.74) is 8.57. The normalized spacial score (nSPS) is 10.8. The first-order valence-electron chi connectivity index (χ1n) is 9.37. The van der Waals surface area contributed by atoms with Gasteiger partial charge in [0.05, 0.1) is 5.69 Å². The van der Waals surface area contributed by atoms with Gasteiger partial charge in [-0.25, -0.2) is 13.2 Å². The number of anilines is 2. The third kappa shape index (κ3) is 4.29. The molecule has 0 aromatic heterocycles. The Morgan fingerprint density at radius 2 is 1.59 bits per heavy atom. The monoisotopic (exact) mass is 396 g/mol. The van der Waals surface area contributed by atoms with Crippen LogP contribution < -0.4 is 11.1 Å². The zero-order valence-electron chi connectivity index (χ0n) is 16.5. The Balaban J connectivity index is 2.05. The van der Waals surface area contributed by atoms with Gasteiger partial charge in [-0.15, -0.1) is 0 Å². The standard InChI is InChI=1S/C24H23F3N2/c1-4-16-6-5-7-17(21(16)25)12-18-13-20(15(3)28)24(23(27)22(18)26)29-19-10-8-14(2)9-11-19/h5-11,13,29H,3-4,12,28H2,1-2H3. The van der Waals surface area contributed by atoms with E-state index in [-0.39, 0.29) is 28.9 Å². The Bertz CT molecular complexity index is 1060. The van der Waals surface area contributed by atoms with Crippen LogP contribution in [0.15, 0.2) is 55.1 Å². The van der Waals surface area contributed by atoms with Crippen LogP contribution in [0.25, 0.3) is 5.70 Å². The van der Waals surface area contributed by atoms with Crippen molar-refractivity contribution in [1.29, 1.82) is 0 Å². The summed E-state index contributed by atoms with van der Waals surface area (Å²) in [6.07, 6.45) is 0.425. The lowest BCUT2D eigenvalue weighted by Gasteiger charge is -2.17. The maximum Gasteiger partial charge on any atom is 0.183 e. The van der Waals surface area contributed by atoms with Gasteiger partial charge in [-0.2, -0.15) is 0 Å². The first-order valence-corrected chi connectivity index (χ1v) is 9.37. The molecule has 3 rings (SSSR count). The Morgan fingerprint density at radius 1 is 0.931 bits per heavy atom. The van der Waals surface area contributed by atoms with E-state index in [4.69, 9.17) is 5.73 Å². The van der Waals surface area contributed by atoms with Gasteiger partial charge in [0, 0.05) is 23.4 Å². The van der Waals surface area contributed by atoms with Crippen molar-refractivity contribution >= 4 is 17.1 Å². The Morgan fingerprint density at radius 3 is 2.21 bits per heavy atom. The molecule has 150 valence electrons. The fourth-order valence-corrected chi connectivity index (χ4v) is 3.21. The highest BCUT2D eigenvalue weighted by atomic mass is 19.2. The van der Waals surface area contributed by atoms with Crippen molar-refractivity contribution in [1.82, 2.24) is 0 Å². The van der Waals surface area contributed by atoms with Gasteiger partial charge in [0.25, 0.3) is 0 Å². The summed E-state index contributed by atoms with van der Waals surface area (Å²) in [6.45, 7) is 7.45. The number of hydrogen-bond donors (Lipinski definition) is 2. The van der Waals surface area contributed by atoms with Gasteiger partial charge in [0.1, 0.15) is 5.82 Å². The molecule has 0 radical (unpaired) electrons. The zero-order valence-corrected chi connectivity index (χ0v) is 16.5. The quantitative estimate of drug-likeness (QED) is 0.518. The van der Waals surface area contributed by atoms with E-state index in [1.54, 1.807) is 30.3 Å². The van der Waals surface area contributed by atoms with E-state index in [0.717, 1.165) is 5.56 Å². The molecular formula is C24H23F3N2. The highest BCUT2D eigenvalue weighted by Gasteiger charge is 2.21. The fourth-order valence-electron chi connectivity index (χ4n) is 3.21. The van der Waals surface area contributed by atoms with E-state index in [0.29, 0.717) is 23.2 Å². The molecule has 0 saturated heterocycles. The van der Waals surface area contributed by atoms with E-state index in [9.17, 15) is 13.2 Å². The SMILES string of the molecule is C=C(N)c1cc(Cc2cccc(CC)c2F)c(F)c(F)c1Nc1ccc(C)cc1.